The molecule has 2 N–H and O–H groups in total. The van der Waals surface area contributed by atoms with Gasteiger partial charge in [0, 0.05) is 24.6 Å². The lowest BCUT2D eigenvalue weighted by Gasteiger charge is -2.27. The summed E-state index contributed by atoms with van der Waals surface area (Å²) in [6, 6.07) is 7.46. The number of amides is 1. The van der Waals surface area contributed by atoms with Crippen LogP contribution in [-0.2, 0) is 10.4 Å². The van der Waals surface area contributed by atoms with Gasteiger partial charge in [0.25, 0.3) is 5.91 Å². The first-order valence-electron chi connectivity index (χ1n) is 10.0. The van der Waals surface area contributed by atoms with Crippen LogP contribution in [-0.4, -0.2) is 29.3 Å². The number of carbonyl (C=O) groups is 1. The number of hydrogen-bond donors (Lipinski definition) is 2. The first-order valence-corrected chi connectivity index (χ1v) is 10.0. The first-order chi connectivity index (χ1) is 13.3. The third kappa shape index (κ3) is 4.81. The van der Waals surface area contributed by atoms with Gasteiger partial charge in [0.05, 0.1) is 5.69 Å². The molecule has 1 aromatic rings. The lowest BCUT2D eigenvalue weighted by atomic mass is 9.83. The van der Waals surface area contributed by atoms with E-state index in [2.05, 4.69) is 32.9 Å². The van der Waals surface area contributed by atoms with Crippen LogP contribution in [0.4, 0.5) is 5.69 Å². The molecule has 152 valence electrons. The number of rotatable bonds is 9. The van der Waals surface area contributed by atoms with Crippen molar-refractivity contribution in [2.45, 2.75) is 52.6 Å². The Labute approximate surface area is 168 Å². The molecule has 0 spiro atoms. The summed E-state index contributed by atoms with van der Waals surface area (Å²) in [5.74, 6) is -0.677. The Morgan fingerprint density at radius 3 is 2.57 bits per heavy atom. The van der Waals surface area contributed by atoms with Crippen LogP contribution >= 0.6 is 0 Å². The maximum Gasteiger partial charge on any atom is 0.264 e. The molecular formula is C24H33NO3. The zero-order chi connectivity index (χ0) is 20.7. The van der Waals surface area contributed by atoms with Gasteiger partial charge >= 0.3 is 0 Å². The molecule has 0 saturated carbocycles. The fraction of sp³-hybridized carbons (Fsp3) is 0.458. The molecule has 4 nitrogen and oxygen atoms in total. The average molecular weight is 384 g/mol. The molecule has 0 unspecified atom stereocenters. The minimum Gasteiger partial charge on any atom is -0.396 e. The van der Waals surface area contributed by atoms with E-state index in [1.807, 2.05) is 43.3 Å². The van der Waals surface area contributed by atoms with Crippen molar-refractivity contribution in [2.75, 3.05) is 18.1 Å². The van der Waals surface area contributed by atoms with Crippen LogP contribution in [0.1, 0.15) is 52.5 Å². The molecule has 0 radical (unpaired) electrons. The van der Waals surface area contributed by atoms with Crippen LogP contribution in [0.25, 0.3) is 0 Å². The molecule has 1 amide bonds. The number of allylic oxidation sites excluding steroid dienone is 3. The molecule has 28 heavy (non-hydrogen) atoms. The molecule has 1 heterocycles. The molecular weight excluding hydrogens is 350 g/mol. The zero-order valence-corrected chi connectivity index (χ0v) is 17.5. The molecule has 4 heteroatoms. The average Bonchev–Trinajstić information content (AvgIpc) is 2.88. The molecule has 2 atom stereocenters. The second-order valence-corrected chi connectivity index (χ2v) is 7.80. The number of aliphatic hydroxyl groups is 2. The second kappa shape index (κ2) is 9.85. The summed E-state index contributed by atoms with van der Waals surface area (Å²) in [4.78, 5) is 14.9. The molecule has 2 rings (SSSR count). The third-order valence-electron chi connectivity index (χ3n) is 5.27. The van der Waals surface area contributed by atoms with Gasteiger partial charge in [0.15, 0.2) is 5.60 Å². The van der Waals surface area contributed by atoms with Gasteiger partial charge in [-0.1, -0.05) is 60.6 Å². The summed E-state index contributed by atoms with van der Waals surface area (Å²) in [5.41, 5.74) is 2.38. The second-order valence-electron chi connectivity index (χ2n) is 7.80. The van der Waals surface area contributed by atoms with E-state index in [4.69, 9.17) is 5.11 Å². The largest absolute Gasteiger partial charge is 0.396 e. The number of para-hydroxylation sites is 1. The van der Waals surface area contributed by atoms with Crippen molar-refractivity contribution in [3.63, 3.8) is 0 Å². The minimum absolute atomic E-state index is 0.0507. The van der Waals surface area contributed by atoms with Gasteiger partial charge in [-0.05, 0) is 46.1 Å². The van der Waals surface area contributed by atoms with Gasteiger partial charge in [0.2, 0.25) is 0 Å². The van der Waals surface area contributed by atoms with E-state index in [0.717, 1.165) is 18.5 Å². The van der Waals surface area contributed by atoms with Gasteiger partial charge in [-0.2, -0.15) is 0 Å². The Kier molecular flexibility index (Phi) is 7.78. The molecule has 1 aromatic carbocycles. The molecule has 0 fully saturated rings. The Morgan fingerprint density at radius 2 is 1.89 bits per heavy atom. The fourth-order valence-corrected chi connectivity index (χ4v) is 3.53. The Morgan fingerprint density at radius 1 is 1.18 bits per heavy atom. The van der Waals surface area contributed by atoms with Gasteiger partial charge in [-0.15, -0.1) is 0 Å². The summed E-state index contributed by atoms with van der Waals surface area (Å²) in [7, 11) is 0. The number of hydrogen-bond acceptors (Lipinski definition) is 3. The number of carbonyl (C=O) groups excluding carboxylic acids is 1. The summed E-state index contributed by atoms with van der Waals surface area (Å²) in [6.45, 7) is 8.61. The predicted octanol–water partition coefficient (Wildman–Crippen LogP) is 4.49. The van der Waals surface area contributed by atoms with E-state index in [9.17, 15) is 9.90 Å². The highest BCUT2D eigenvalue weighted by molar-refractivity contribution is 6.07. The lowest BCUT2D eigenvalue weighted by molar-refractivity contribution is -0.139. The van der Waals surface area contributed by atoms with Crippen molar-refractivity contribution in [3.05, 3.63) is 65.3 Å². The summed E-state index contributed by atoms with van der Waals surface area (Å²) in [5, 5.41) is 20.4. The van der Waals surface area contributed by atoms with Crippen LogP contribution in [0.5, 0.6) is 0 Å². The fourth-order valence-electron chi connectivity index (χ4n) is 3.53. The number of benzene rings is 1. The highest BCUT2D eigenvalue weighted by Gasteiger charge is 2.51. The van der Waals surface area contributed by atoms with Crippen molar-refractivity contribution in [2.24, 2.45) is 5.92 Å². The van der Waals surface area contributed by atoms with Crippen molar-refractivity contribution >= 4 is 11.6 Å². The number of anilines is 1. The summed E-state index contributed by atoms with van der Waals surface area (Å²) < 4.78 is 0. The van der Waals surface area contributed by atoms with E-state index in [1.165, 1.54) is 11.1 Å². The van der Waals surface area contributed by atoms with E-state index in [0.29, 0.717) is 18.5 Å². The van der Waals surface area contributed by atoms with E-state index >= 15 is 0 Å². The lowest BCUT2D eigenvalue weighted by Crippen LogP contribution is -2.44. The molecule has 0 saturated heterocycles. The van der Waals surface area contributed by atoms with Gasteiger partial charge in [-0.3, -0.25) is 4.79 Å². The number of fused-ring (bicyclic) bond motifs is 1. The molecule has 1 aliphatic rings. The Hall–Kier alpha value is -2.17. The maximum atomic E-state index is 13.2. The van der Waals surface area contributed by atoms with Gasteiger partial charge < -0.3 is 15.1 Å². The van der Waals surface area contributed by atoms with Crippen LogP contribution in [0.3, 0.4) is 0 Å². The molecule has 0 aliphatic carbocycles. The highest BCUT2D eigenvalue weighted by Crippen LogP contribution is 2.45. The SMILES string of the molecule is CC(C)=CCC/C(C)=C/CN1C(=O)[C@@](O)([C@@H](C)/C=C/CCO)c2ccccc21. The molecule has 0 bridgehead atoms. The zero-order valence-electron chi connectivity index (χ0n) is 17.5. The van der Waals surface area contributed by atoms with Crippen LogP contribution in [0.2, 0.25) is 0 Å². The topological polar surface area (TPSA) is 60.8 Å². The Bertz CT molecular complexity index is 774. The standard InChI is InChI=1S/C24H33NO3/c1-18(2)10-9-11-19(3)15-16-25-22-14-6-5-13-21(22)24(28,23(25)27)20(4)12-7-8-17-26/h5-7,10,12-15,20,26,28H,8-9,11,16-17H2,1-4H3/b12-7+,19-15+/t20-,24+/m0/s1. The van der Waals surface area contributed by atoms with Crippen LogP contribution in [0, 0.1) is 5.92 Å². The van der Waals surface area contributed by atoms with Crippen molar-refractivity contribution in [3.8, 4) is 0 Å². The monoisotopic (exact) mass is 383 g/mol. The smallest absolute Gasteiger partial charge is 0.264 e. The highest BCUT2D eigenvalue weighted by atomic mass is 16.3. The van der Waals surface area contributed by atoms with E-state index in [1.54, 1.807) is 4.90 Å². The van der Waals surface area contributed by atoms with E-state index in [-0.39, 0.29) is 18.4 Å². The van der Waals surface area contributed by atoms with Crippen LogP contribution in [0.15, 0.2) is 59.7 Å². The normalized spacial score (nSPS) is 20.6. The van der Waals surface area contributed by atoms with Gasteiger partial charge in [-0.25, -0.2) is 0 Å². The minimum atomic E-state index is -1.58. The number of aliphatic hydroxyl groups excluding tert-OH is 1. The third-order valence-corrected chi connectivity index (χ3v) is 5.27. The quantitative estimate of drug-likeness (QED) is 0.618. The molecule has 1 aliphatic heterocycles. The van der Waals surface area contributed by atoms with Crippen LogP contribution < -0.4 is 4.90 Å². The van der Waals surface area contributed by atoms with Gasteiger partial charge in [0.1, 0.15) is 0 Å². The molecule has 0 aromatic heterocycles. The maximum absolute atomic E-state index is 13.2. The van der Waals surface area contributed by atoms with Crippen molar-refractivity contribution in [1.82, 2.24) is 0 Å². The van der Waals surface area contributed by atoms with Crippen molar-refractivity contribution < 1.29 is 15.0 Å². The Balaban J connectivity index is 2.23. The summed E-state index contributed by atoms with van der Waals surface area (Å²) >= 11 is 0. The number of nitrogens with zero attached hydrogens (tertiary/aromatic N) is 1. The van der Waals surface area contributed by atoms with E-state index < -0.39 is 5.60 Å². The van der Waals surface area contributed by atoms with Crippen molar-refractivity contribution in [1.29, 1.82) is 0 Å². The summed E-state index contributed by atoms with van der Waals surface area (Å²) in [6.07, 6.45) is 10.4. The first kappa shape index (κ1) is 22.1. The predicted molar refractivity (Wildman–Crippen MR) is 115 cm³/mol.